The Labute approximate surface area is 143 Å². The third-order valence-corrected chi connectivity index (χ3v) is 4.85. The van der Waals surface area contributed by atoms with Crippen LogP contribution in [0.3, 0.4) is 0 Å². The first-order valence-corrected chi connectivity index (χ1v) is 8.26. The van der Waals surface area contributed by atoms with E-state index in [0.717, 1.165) is 18.5 Å². The number of hydrogen-bond donors (Lipinski definition) is 1. The summed E-state index contributed by atoms with van der Waals surface area (Å²) in [5.74, 6) is 0.930. The zero-order valence-electron chi connectivity index (χ0n) is 13.1. The Morgan fingerprint density at radius 3 is 2.35 bits per heavy atom. The van der Waals surface area contributed by atoms with Crippen molar-refractivity contribution in [3.63, 3.8) is 0 Å². The number of methoxy groups -OCH3 is 2. The van der Waals surface area contributed by atoms with E-state index >= 15 is 0 Å². The number of rotatable bonds is 4. The molecule has 5 heteroatoms. The number of benzene rings is 2. The monoisotopic (exact) mass is 375 g/mol. The van der Waals surface area contributed by atoms with Crippen LogP contribution in [-0.2, 0) is 12.8 Å². The molecule has 1 aliphatic rings. The van der Waals surface area contributed by atoms with E-state index in [1.807, 2.05) is 6.07 Å². The number of hydrogen-bond acceptors (Lipinski definition) is 3. The van der Waals surface area contributed by atoms with Crippen molar-refractivity contribution < 1.29 is 14.3 Å². The third kappa shape index (κ3) is 3.20. The lowest BCUT2D eigenvalue weighted by molar-refractivity contribution is 0.102. The van der Waals surface area contributed by atoms with Crippen LogP contribution in [0, 0.1) is 0 Å². The summed E-state index contributed by atoms with van der Waals surface area (Å²) in [5.41, 5.74) is 4.02. The molecule has 0 aliphatic heterocycles. The van der Waals surface area contributed by atoms with Gasteiger partial charge in [0, 0.05) is 11.3 Å². The van der Waals surface area contributed by atoms with E-state index in [-0.39, 0.29) is 5.91 Å². The van der Waals surface area contributed by atoms with Crippen LogP contribution in [-0.4, -0.2) is 20.1 Å². The molecule has 1 amide bonds. The number of fused-ring (bicyclic) bond motifs is 1. The van der Waals surface area contributed by atoms with E-state index in [2.05, 4.69) is 33.4 Å². The zero-order chi connectivity index (χ0) is 16.4. The van der Waals surface area contributed by atoms with Crippen molar-refractivity contribution in [2.75, 3.05) is 19.5 Å². The first-order chi connectivity index (χ1) is 11.1. The summed E-state index contributed by atoms with van der Waals surface area (Å²) in [7, 11) is 3.11. The number of nitrogens with one attached hydrogen (secondary N) is 1. The molecule has 2 aromatic carbocycles. The molecule has 3 rings (SSSR count). The first kappa shape index (κ1) is 15.9. The average molecular weight is 376 g/mol. The van der Waals surface area contributed by atoms with Gasteiger partial charge >= 0.3 is 0 Å². The second-order valence-corrected chi connectivity index (χ2v) is 6.28. The van der Waals surface area contributed by atoms with Gasteiger partial charge in [-0.3, -0.25) is 4.79 Å². The Kier molecular flexibility index (Phi) is 4.57. The van der Waals surface area contributed by atoms with Crippen molar-refractivity contribution in [3.8, 4) is 11.5 Å². The van der Waals surface area contributed by atoms with Gasteiger partial charge in [0.1, 0.15) is 16.0 Å². The molecule has 120 valence electrons. The van der Waals surface area contributed by atoms with Gasteiger partial charge in [0.05, 0.1) is 14.2 Å². The van der Waals surface area contributed by atoms with E-state index in [4.69, 9.17) is 9.47 Å². The maximum atomic E-state index is 12.5. The Hall–Kier alpha value is -2.01. The summed E-state index contributed by atoms with van der Waals surface area (Å²) in [6.07, 6.45) is 3.40. The quantitative estimate of drug-likeness (QED) is 0.870. The highest BCUT2D eigenvalue weighted by atomic mass is 79.9. The number of amides is 1. The Morgan fingerprint density at radius 2 is 1.70 bits per heavy atom. The van der Waals surface area contributed by atoms with E-state index < -0.39 is 0 Å². The predicted molar refractivity (Wildman–Crippen MR) is 93.7 cm³/mol. The number of halogens is 1. The topological polar surface area (TPSA) is 47.6 Å². The van der Waals surface area contributed by atoms with Crippen LogP contribution in [0.2, 0.25) is 0 Å². The fourth-order valence-electron chi connectivity index (χ4n) is 2.85. The summed E-state index contributed by atoms with van der Waals surface area (Å²) >= 11 is 3.40. The molecule has 23 heavy (non-hydrogen) atoms. The lowest BCUT2D eigenvalue weighted by Gasteiger charge is -2.12. The van der Waals surface area contributed by atoms with Crippen molar-refractivity contribution in [1.82, 2.24) is 0 Å². The molecule has 0 saturated heterocycles. The standard InChI is InChI=1S/C18H18BrNO3/c1-22-15-9-13(10-16(23-2)17(15)19)18(21)20-14-7-6-11-4-3-5-12(11)8-14/h6-10H,3-5H2,1-2H3,(H,20,21). The van der Waals surface area contributed by atoms with Crippen molar-refractivity contribution in [2.45, 2.75) is 19.3 Å². The Balaban J connectivity index is 1.86. The fourth-order valence-corrected chi connectivity index (χ4v) is 3.41. The van der Waals surface area contributed by atoms with Crippen LogP contribution in [0.25, 0.3) is 0 Å². The molecule has 0 unspecified atom stereocenters. The molecule has 0 radical (unpaired) electrons. The summed E-state index contributed by atoms with van der Waals surface area (Å²) in [6.45, 7) is 0. The lowest BCUT2D eigenvalue weighted by Crippen LogP contribution is -2.12. The SMILES string of the molecule is COc1cc(C(=O)Nc2ccc3c(c2)CCC3)cc(OC)c1Br. The molecule has 0 fully saturated rings. The molecular weight excluding hydrogens is 358 g/mol. The van der Waals surface area contributed by atoms with Crippen LogP contribution in [0.4, 0.5) is 5.69 Å². The molecule has 0 spiro atoms. The largest absolute Gasteiger partial charge is 0.495 e. The third-order valence-electron chi connectivity index (χ3n) is 4.06. The first-order valence-electron chi connectivity index (χ1n) is 7.47. The molecule has 2 aromatic rings. The second-order valence-electron chi connectivity index (χ2n) is 5.49. The van der Waals surface area contributed by atoms with E-state index in [1.165, 1.54) is 17.5 Å². The summed E-state index contributed by atoms with van der Waals surface area (Å²) in [4.78, 5) is 12.5. The van der Waals surface area contributed by atoms with Gasteiger partial charge in [0.2, 0.25) is 0 Å². The molecule has 4 nitrogen and oxygen atoms in total. The number of aryl methyl sites for hydroxylation is 2. The number of ether oxygens (including phenoxy) is 2. The molecular formula is C18H18BrNO3. The van der Waals surface area contributed by atoms with Gasteiger partial charge in [0.25, 0.3) is 5.91 Å². The van der Waals surface area contributed by atoms with E-state index in [0.29, 0.717) is 21.5 Å². The van der Waals surface area contributed by atoms with Gasteiger partial charge in [-0.05, 0) is 70.6 Å². The highest BCUT2D eigenvalue weighted by Gasteiger charge is 2.16. The predicted octanol–water partition coefficient (Wildman–Crippen LogP) is 4.21. The maximum Gasteiger partial charge on any atom is 0.255 e. The fraction of sp³-hybridized carbons (Fsp3) is 0.278. The Morgan fingerprint density at radius 1 is 1.04 bits per heavy atom. The minimum absolute atomic E-state index is 0.188. The molecule has 0 aromatic heterocycles. The number of carbonyl (C=O) groups is 1. The molecule has 0 bridgehead atoms. The van der Waals surface area contributed by atoms with Crippen LogP contribution in [0.1, 0.15) is 27.9 Å². The van der Waals surface area contributed by atoms with E-state index in [9.17, 15) is 4.79 Å². The maximum absolute atomic E-state index is 12.5. The number of anilines is 1. The van der Waals surface area contributed by atoms with E-state index in [1.54, 1.807) is 26.4 Å². The van der Waals surface area contributed by atoms with Crippen LogP contribution in [0.15, 0.2) is 34.8 Å². The van der Waals surface area contributed by atoms with Gasteiger partial charge in [-0.2, -0.15) is 0 Å². The van der Waals surface area contributed by atoms with Crippen LogP contribution in [0.5, 0.6) is 11.5 Å². The van der Waals surface area contributed by atoms with Crippen molar-refractivity contribution >= 4 is 27.5 Å². The zero-order valence-corrected chi connectivity index (χ0v) is 14.7. The average Bonchev–Trinajstić information content (AvgIpc) is 3.02. The number of carbonyl (C=O) groups excluding carboxylic acids is 1. The van der Waals surface area contributed by atoms with Crippen molar-refractivity contribution in [1.29, 1.82) is 0 Å². The summed E-state index contributed by atoms with van der Waals surface area (Å²) < 4.78 is 11.3. The van der Waals surface area contributed by atoms with Gasteiger partial charge in [-0.25, -0.2) is 0 Å². The van der Waals surface area contributed by atoms with Gasteiger partial charge in [-0.1, -0.05) is 6.07 Å². The van der Waals surface area contributed by atoms with Crippen molar-refractivity contribution in [2.24, 2.45) is 0 Å². The van der Waals surface area contributed by atoms with Gasteiger partial charge in [0.15, 0.2) is 0 Å². The minimum atomic E-state index is -0.188. The van der Waals surface area contributed by atoms with Gasteiger partial charge in [-0.15, -0.1) is 0 Å². The Bertz CT molecular complexity index is 733. The highest BCUT2D eigenvalue weighted by molar-refractivity contribution is 9.10. The molecule has 1 N–H and O–H groups in total. The molecule has 0 saturated carbocycles. The smallest absolute Gasteiger partial charge is 0.255 e. The van der Waals surface area contributed by atoms with Crippen molar-refractivity contribution in [3.05, 3.63) is 51.5 Å². The minimum Gasteiger partial charge on any atom is -0.495 e. The van der Waals surface area contributed by atoms with Crippen LogP contribution < -0.4 is 14.8 Å². The normalized spacial score (nSPS) is 12.7. The molecule has 1 aliphatic carbocycles. The molecule has 0 atom stereocenters. The molecule has 0 heterocycles. The second kappa shape index (κ2) is 6.62. The lowest BCUT2D eigenvalue weighted by atomic mass is 10.1. The van der Waals surface area contributed by atoms with Crippen LogP contribution >= 0.6 is 15.9 Å². The highest BCUT2D eigenvalue weighted by Crippen LogP contribution is 2.36. The summed E-state index contributed by atoms with van der Waals surface area (Å²) in [5, 5.41) is 2.94. The van der Waals surface area contributed by atoms with Gasteiger partial charge < -0.3 is 14.8 Å². The summed E-state index contributed by atoms with van der Waals surface area (Å²) in [6, 6.07) is 9.49.